The minimum absolute atomic E-state index is 0.144. The normalized spacial score (nSPS) is 14.2. The van der Waals surface area contributed by atoms with Crippen molar-refractivity contribution in [2.45, 2.75) is 26.2 Å². The Morgan fingerprint density at radius 2 is 2.00 bits per heavy atom. The molecule has 0 saturated carbocycles. The zero-order valence-corrected chi connectivity index (χ0v) is 15.8. The Morgan fingerprint density at radius 3 is 2.69 bits per heavy atom. The number of benzene rings is 1. The van der Waals surface area contributed by atoms with Crippen LogP contribution in [0.1, 0.15) is 35.4 Å². The van der Waals surface area contributed by atoms with E-state index in [1.807, 2.05) is 24.3 Å². The summed E-state index contributed by atoms with van der Waals surface area (Å²) in [6.07, 6.45) is 1.06. The predicted octanol–water partition coefficient (Wildman–Crippen LogP) is 1.61. The van der Waals surface area contributed by atoms with Crippen molar-refractivity contribution in [1.29, 1.82) is 0 Å². The van der Waals surface area contributed by atoms with E-state index < -0.39 is 0 Å². The van der Waals surface area contributed by atoms with Gasteiger partial charge in [0.1, 0.15) is 0 Å². The molecule has 1 aliphatic rings. The topological polar surface area (TPSA) is 97.2 Å². The highest BCUT2D eigenvalue weighted by Gasteiger charge is 2.28. The number of carbonyl (C=O) groups is 3. The van der Waals surface area contributed by atoms with Crippen LogP contribution in [0.25, 0.3) is 5.69 Å². The summed E-state index contributed by atoms with van der Waals surface area (Å²) in [5, 5.41) is 10.8. The number of imide groups is 1. The lowest BCUT2D eigenvalue weighted by Crippen LogP contribution is -2.33. The van der Waals surface area contributed by atoms with E-state index in [-0.39, 0.29) is 36.3 Å². The molecule has 1 N–H and O–H groups in total. The monoisotopic (exact) mass is 419 g/mol. The summed E-state index contributed by atoms with van der Waals surface area (Å²) in [5.74, 6) is -0.619. The van der Waals surface area contributed by atoms with Crippen LogP contribution in [0.2, 0.25) is 0 Å². The van der Waals surface area contributed by atoms with Crippen LogP contribution in [-0.2, 0) is 9.59 Å². The van der Waals surface area contributed by atoms with Crippen molar-refractivity contribution in [1.82, 2.24) is 25.2 Å². The van der Waals surface area contributed by atoms with E-state index in [2.05, 4.69) is 31.6 Å². The SMILES string of the molecule is Cc1c(C(=O)NCCCN2C(=O)CCC2=O)nnn1-c1cccc(Br)c1. The molecule has 1 aliphatic heterocycles. The maximum atomic E-state index is 12.3. The lowest BCUT2D eigenvalue weighted by atomic mass is 10.3. The molecule has 1 aromatic carbocycles. The van der Waals surface area contributed by atoms with Gasteiger partial charge >= 0.3 is 0 Å². The average Bonchev–Trinajstić information content (AvgIpc) is 3.15. The van der Waals surface area contributed by atoms with Crippen molar-refractivity contribution in [2.75, 3.05) is 13.1 Å². The van der Waals surface area contributed by atoms with Crippen molar-refractivity contribution >= 4 is 33.7 Å². The number of halogens is 1. The quantitative estimate of drug-likeness (QED) is 0.566. The summed E-state index contributed by atoms with van der Waals surface area (Å²) in [4.78, 5) is 36.6. The first-order chi connectivity index (χ1) is 12.5. The minimum Gasteiger partial charge on any atom is -0.351 e. The van der Waals surface area contributed by atoms with E-state index >= 15 is 0 Å². The molecular formula is C17H18BrN5O3. The number of carbonyl (C=O) groups excluding carboxylic acids is 3. The molecule has 136 valence electrons. The van der Waals surface area contributed by atoms with E-state index in [0.29, 0.717) is 25.2 Å². The van der Waals surface area contributed by atoms with Crippen LogP contribution in [-0.4, -0.2) is 50.7 Å². The van der Waals surface area contributed by atoms with Gasteiger partial charge in [-0.25, -0.2) is 4.68 Å². The van der Waals surface area contributed by atoms with Crippen LogP contribution in [0.3, 0.4) is 0 Å². The van der Waals surface area contributed by atoms with Gasteiger partial charge in [0.05, 0.1) is 11.4 Å². The van der Waals surface area contributed by atoms with Gasteiger partial charge in [0.2, 0.25) is 11.8 Å². The molecule has 9 heteroatoms. The van der Waals surface area contributed by atoms with Gasteiger partial charge in [-0.05, 0) is 31.5 Å². The summed E-state index contributed by atoms with van der Waals surface area (Å²) in [5.41, 5.74) is 1.68. The Kier molecular flexibility index (Phi) is 5.46. The molecule has 0 aliphatic carbocycles. The molecule has 1 saturated heterocycles. The smallest absolute Gasteiger partial charge is 0.273 e. The first-order valence-electron chi connectivity index (χ1n) is 8.27. The van der Waals surface area contributed by atoms with Gasteiger partial charge in [-0.1, -0.05) is 27.2 Å². The molecular weight excluding hydrogens is 402 g/mol. The van der Waals surface area contributed by atoms with Gasteiger partial charge in [-0.3, -0.25) is 19.3 Å². The number of amides is 3. The molecule has 0 atom stereocenters. The van der Waals surface area contributed by atoms with Gasteiger partial charge in [0, 0.05) is 30.4 Å². The fourth-order valence-electron chi connectivity index (χ4n) is 2.79. The van der Waals surface area contributed by atoms with Gasteiger partial charge in [0.15, 0.2) is 5.69 Å². The van der Waals surface area contributed by atoms with Crippen LogP contribution in [0, 0.1) is 6.92 Å². The molecule has 1 aromatic heterocycles. The van der Waals surface area contributed by atoms with E-state index in [4.69, 9.17) is 0 Å². The molecule has 0 radical (unpaired) electrons. The molecule has 2 aromatic rings. The second-order valence-electron chi connectivity index (χ2n) is 5.96. The second-order valence-corrected chi connectivity index (χ2v) is 6.88. The minimum atomic E-state index is -0.331. The van der Waals surface area contributed by atoms with E-state index in [1.165, 1.54) is 4.90 Å². The number of likely N-dealkylation sites (tertiary alicyclic amines) is 1. The summed E-state index contributed by atoms with van der Waals surface area (Å²) < 4.78 is 2.50. The number of rotatable bonds is 6. The Bertz CT molecular complexity index is 848. The van der Waals surface area contributed by atoms with Crippen LogP contribution >= 0.6 is 15.9 Å². The fourth-order valence-corrected chi connectivity index (χ4v) is 3.17. The highest BCUT2D eigenvalue weighted by atomic mass is 79.9. The number of hydrogen-bond acceptors (Lipinski definition) is 5. The Labute approximate surface area is 158 Å². The van der Waals surface area contributed by atoms with Crippen LogP contribution in [0.4, 0.5) is 0 Å². The largest absolute Gasteiger partial charge is 0.351 e. The summed E-state index contributed by atoms with van der Waals surface area (Å²) in [6, 6.07) is 7.53. The molecule has 0 spiro atoms. The van der Waals surface area contributed by atoms with E-state index in [9.17, 15) is 14.4 Å². The maximum Gasteiger partial charge on any atom is 0.273 e. The molecule has 26 heavy (non-hydrogen) atoms. The number of aromatic nitrogens is 3. The molecule has 3 amide bonds. The Morgan fingerprint density at radius 1 is 1.27 bits per heavy atom. The van der Waals surface area contributed by atoms with Gasteiger partial charge < -0.3 is 5.32 Å². The van der Waals surface area contributed by atoms with Gasteiger partial charge in [-0.2, -0.15) is 0 Å². The Hall–Kier alpha value is -2.55. The van der Waals surface area contributed by atoms with Crippen molar-refractivity contribution in [3.63, 3.8) is 0 Å². The molecule has 1 fully saturated rings. The Balaban J connectivity index is 1.57. The number of hydrogen-bond donors (Lipinski definition) is 1. The zero-order chi connectivity index (χ0) is 18.7. The molecule has 0 unspecified atom stereocenters. The van der Waals surface area contributed by atoms with E-state index in [0.717, 1.165) is 10.2 Å². The fraction of sp³-hybridized carbons (Fsp3) is 0.353. The van der Waals surface area contributed by atoms with Gasteiger partial charge in [-0.15, -0.1) is 5.10 Å². The van der Waals surface area contributed by atoms with Gasteiger partial charge in [0.25, 0.3) is 5.91 Å². The maximum absolute atomic E-state index is 12.3. The van der Waals surface area contributed by atoms with Crippen molar-refractivity contribution in [3.05, 3.63) is 40.1 Å². The summed E-state index contributed by atoms with van der Waals surface area (Å²) >= 11 is 3.41. The van der Waals surface area contributed by atoms with Crippen LogP contribution in [0.5, 0.6) is 0 Å². The van der Waals surface area contributed by atoms with Crippen molar-refractivity contribution in [2.24, 2.45) is 0 Å². The molecule has 3 rings (SSSR count). The zero-order valence-electron chi connectivity index (χ0n) is 14.2. The van der Waals surface area contributed by atoms with Crippen molar-refractivity contribution in [3.8, 4) is 5.69 Å². The summed E-state index contributed by atoms with van der Waals surface area (Å²) in [7, 11) is 0. The third-order valence-corrected chi connectivity index (χ3v) is 4.65. The number of nitrogens with zero attached hydrogens (tertiary/aromatic N) is 4. The van der Waals surface area contributed by atoms with Crippen molar-refractivity contribution < 1.29 is 14.4 Å². The first-order valence-corrected chi connectivity index (χ1v) is 9.06. The van der Waals surface area contributed by atoms with Crippen LogP contribution in [0.15, 0.2) is 28.7 Å². The standard InChI is InChI=1S/C17H18BrN5O3/c1-11-16(20-21-23(11)13-5-2-4-12(18)10-13)17(26)19-8-3-9-22-14(24)6-7-15(22)25/h2,4-5,10H,3,6-9H2,1H3,(H,19,26). The lowest BCUT2D eigenvalue weighted by molar-refractivity contribution is -0.138. The highest BCUT2D eigenvalue weighted by Crippen LogP contribution is 2.17. The molecule has 2 heterocycles. The third-order valence-electron chi connectivity index (χ3n) is 4.16. The van der Waals surface area contributed by atoms with E-state index in [1.54, 1.807) is 11.6 Å². The second kappa shape index (κ2) is 7.77. The molecule has 8 nitrogen and oxygen atoms in total. The third kappa shape index (κ3) is 3.82. The number of nitrogens with one attached hydrogen (secondary N) is 1. The molecule has 0 bridgehead atoms. The first kappa shape index (κ1) is 18.2. The average molecular weight is 420 g/mol. The summed E-state index contributed by atoms with van der Waals surface area (Å²) in [6.45, 7) is 2.44. The predicted molar refractivity (Wildman–Crippen MR) is 96.7 cm³/mol. The lowest BCUT2D eigenvalue weighted by Gasteiger charge is -2.13. The highest BCUT2D eigenvalue weighted by molar-refractivity contribution is 9.10. The van der Waals surface area contributed by atoms with Crippen LogP contribution < -0.4 is 5.32 Å².